The van der Waals surface area contributed by atoms with Crippen LogP contribution >= 0.6 is 0 Å². The van der Waals surface area contributed by atoms with Crippen molar-refractivity contribution >= 4 is 23.4 Å². The maximum Gasteiger partial charge on any atom is 0.320 e. The van der Waals surface area contributed by atoms with Crippen LogP contribution in [0, 0.1) is 13.8 Å². The molecule has 6 heteroatoms. The van der Waals surface area contributed by atoms with Crippen LogP contribution in [0.2, 0.25) is 0 Å². The molecule has 3 amide bonds. The lowest BCUT2D eigenvalue weighted by molar-refractivity contribution is -0.116. The molecule has 0 radical (unpaired) electrons. The maximum atomic E-state index is 11.8. The van der Waals surface area contributed by atoms with Gasteiger partial charge in [0, 0.05) is 24.3 Å². The summed E-state index contributed by atoms with van der Waals surface area (Å²) >= 11 is 0. The Morgan fingerprint density at radius 2 is 1.78 bits per heavy atom. The first-order valence-electron chi connectivity index (χ1n) is 7.38. The highest BCUT2D eigenvalue weighted by Gasteiger charge is 2.06. The Kier molecular flexibility index (Phi) is 5.68. The van der Waals surface area contributed by atoms with E-state index in [2.05, 4.69) is 20.9 Å². The third-order valence-electron chi connectivity index (χ3n) is 3.03. The quantitative estimate of drug-likeness (QED) is 0.794. The Hall–Kier alpha value is -2.89. The lowest BCUT2D eigenvalue weighted by Crippen LogP contribution is -2.31. The Balaban J connectivity index is 1.73. The molecule has 0 atom stereocenters. The number of benzene rings is 1. The van der Waals surface area contributed by atoms with Crippen LogP contribution in [-0.2, 0) is 4.79 Å². The van der Waals surface area contributed by atoms with Crippen molar-refractivity contribution in [2.24, 2.45) is 0 Å². The van der Waals surface area contributed by atoms with Gasteiger partial charge in [0.2, 0.25) is 5.91 Å². The van der Waals surface area contributed by atoms with Gasteiger partial charge in [0.1, 0.15) is 5.82 Å². The number of nitrogens with zero attached hydrogens (tertiary/aromatic N) is 1. The van der Waals surface area contributed by atoms with Crippen LogP contribution in [0.3, 0.4) is 0 Å². The first-order chi connectivity index (χ1) is 11.0. The summed E-state index contributed by atoms with van der Waals surface area (Å²) < 4.78 is 0. The predicted octanol–water partition coefficient (Wildman–Crippen LogP) is 2.85. The fourth-order valence-corrected chi connectivity index (χ4v) is 2.10. The molecular formula is C17H20N4O2. The normalized spacial score (nSPS) is 10.0. The van der Waals surface area contributed by atoms with Gasteiger partial charge in [-0.2, -0.15) is 0 Å². The van der Waals surface area contributed by atoms with E-state index in [1.54, 1.807) is 6.07 Å². The average molecular weight is 312 g/mol. The molecule has 0 spiro atoms. The van der Waals surface area contributed by atoms with Crippen molar-refractivity contribution in [3.63, 3.8) is 0 Å². The van der Waals surface area contributed by atoms with Crippen LogP contribution in [0.1, 0.15) is 17.7 Å². The zero-order valence-electron chi connectivity index (χ0n) is 13.2. The Labute approximate surface area is 135 Å². The Morgan fingerprint density at radius 1 is 1.04 bits per heavy atom. The highest BCUT2D eigenvalue weighted by molar-refractivity contribution is 5.92. The molecule has 23 heavy (non-hydrogen) atoms. The highest BCUT2D eigenvalue weighted by atomic mass is 16.2. The first-order valence-corrected chi connectivity index (χ1v) is 7.38. The number of anilines is 2. The number of urea groups is 1. The van der Waals surface area contributed by atoms with Gasteiger partial charge in [-0.1, -0.05) is 18.2 Å². The highest BCUT2D eigenvalue weighted by Crippen LogP contribution is 2.08. The van der Waals surface area contributed by atoms with E-state index in [0.29, 0.717) is 5.82 Å². The van der Waals surface area contributed by atoms with E-state index in [1.807, 2.05) is 50.2 Å². The van der Waals surface area contributed by atoms with Gasteiger partial charge in [0.15, 0.2) is 0 Å². The second kappa shape index (κ2) is 7.93. The van der Waals surface area contributed by atoms with Gasteiger partial charge in [-0.3, -0.25) is 10.1 Å². The lowest BCUT2D eigenvalue weighted by atomic mass is 10.2. The van der Waals surface area contributed by atoms with Crippen LogP contribution < -0.4 is 16.0 Å². The van der Waals surface area contributed by atoms with Crippen molar-refractivity contribution in [3.05, 3.63) is 53.7 Å². The number of aryl methyl sites for hydroxylation is 2. The first kappa shape index (κ1) is 16.5. The summed E-state index contributed by atoms with van der Waals surface area (Å²) in [5.41, 5.74) is 2.60. The van der Waals surface area contributed by atoms with E-state index in [9.17, 15) is 9.59 Å². The van der Waals surface area contributed by atoms with E-state index >= 15 is 0 Å². The van der Waals surface area contributed by atoms with Crippen molar-refractivity contribution < 1.29 is 9.59 Å². The molecule has 1 aromatic heterocycles. The number of carbonyl (C=O) groups excluding carboxylic acids is 2. The number of hydrogen-bond acceptors (Lipinski definition) is 3. The molecule has 0 saturated carbocycles. The summed E-state index contributed by atoms with van der Waals surface area (Å²) in [6.45, 7) is 4.05. The van der Waals surface area contributed by atoms with Crippen LogP contribution in [0.15, 0.2) is 42.5 Å². The maximum absolute atomic E-state index is 11.8. The zero-order valence-corrected chi connectivity index (χ0v) is 13.2. The molecule has 0 aliphatic heterocycles. The number of pyridine rings is 1. The minimum absolute atomic E-state index is 0.152. The summed E-state index contributed by atoms with van der Waals surface area (Å²) in [7, 11) is 0. The number of nitrogens with one attached hydrogen (secondary N) is 3. The molecular weight excluding hydrogens is 292 g/mol. The van der Waals surface area contributed by atoms with Crippen LogP contribution in [0.25, 0.3) is 0 Å². The zero-order chi connectivity index (χ0) is 16.7. The summed E-state index contributed by atoms with van der Waals surface area (Å²) in [4.78, 5) is 27.7. The standard InChI is InChI=1S/C17H20N4O2/c1-12-10-13(2)19-15(11-12)21-17(23)18-9-8-16(22)20-14-6-4-3-5-7-14/h3-7,10-11H,8-9H2,1-2H3,(H,20,22)(H2,18,19,21,23). The summed E-state index contributed by atoms with van der Waals surface area (Å²) in [6, 6.07) is 12.5. The van der Waals surface area contributed by atoms with E-state index in [-0.39, 0.29) is 24.9 Å². The number of rotatable bonds is 5. The molecule has 1 heterocycles. The summed E-state index contributed by atoms with van der Waals surface area (Å²) in [6.07, 6.45) is 0.197. The lowest BCUT2D eigenvalue weighted by Gasteiger charge is -2.09. The van der Waals surface area contributed by atoms with Crippen LogP contribution in [-0.4, -0.2) is 23.5 Å². The molecule has 0 fully saturated rings. The number of hydrogen-bond donors (Lipinski definition) is 3. The van der Waals surface area contributed by atoms with Gasteiger partial charge in [0.25, 0.3) is 0 Å². The molecule has 0 saturated heterocycles. The average Bonchev–Trinajstić information content (AvgIpc) is 2.47. The SMILES string of the molecule is Cc1cc(C)nc(NC(=O)NCCC(=O)Nc2ccccc2)c1. The molecule has 2 aromatic rings. The summed E-state index contributed by atoms with van der Waals surface area (Å²) in [5.74, 6) is 0.342. The molecule has 2 rings (SSSR count). The largest absolute Gasteiger partial charge is 0.337 e. The minimum atomic E-state index is -0.380. The Morgan fingerprint density at radius 3 is 2.48 bits per heavy atom. The van der Waals surface area contributed by atoms with Crippen molar-refractivity contribution in [2.45, 2.75) is 20.3 Å². The van der Waals surface area contributed by atoms with Crippen molar-refractivity contribution in [3.8, 4) is 0 Å². The van der Waals surface area contributed by atoms with Gasteiger partial charge in [0.05, 0.1) is 0 Å². The van der Waals surface area contributed by atoms with E-state index in [4.69, 9.17) is 0 Å². The fourth-order valence-electron chi connectivity index (χ4n) is 2.10. The van der Waals surface area contributed by atoms with E-state index < -0.39 is 0 Å². The smallest absolute Gasteiger partial charge is 0.320 e. The second-order valence-electron chi connectivity index (χ2n) is 5.22. The monoisotopic (exact) mass is 312 g/mol. The number of amides is 3. The second-order valence-corrected chi connectivity index (χ2v) is 5.22. The fraction of sp³-hybridized carbons (Fsp3) is 0.235. The Bertz CT molecular complexity index is 666. The van der Waals surface area contributed by atoms with Gasteiger partial charge >= 0.3 is 6.03 Å². The van der Waals surface area contributed by atoms with Gasteiger partial charge < -0.3 is 10.6 Å². The molecule has 3 N–H and O–H groups in total. The minimum Gasteiger partial charge on any atom is -0.337 e. The molecule has 0 aliphatic carbocycles. The van der Waals surface area contributed by atoms with Crippen LogP contribution in [0.5, 0.6) is 0 Å². The topological polar surface area (TPSA) is 83.1 Å². The predicted molar refractivity (Wildman–Crippen MR) is 90.4 cm³/mol. The van der Waals surface area contributed by atoms with E-state index in [1.165, 1.54) is 0 Å². The van der Waals surface area contributed by atoms with Gasteiger partial charge in [-0.15, -0.1) is 0 Å². The van der Waals surface area contributed by atoms with Crippen LogP contribution in [0.4, 0.5) is 16.3 Å². The molecule has 1 aromatic carbocycles. The number of para-hydroxylation sites is 1. The molecule has 6 nitrogen and oxygen atoms in total. The van der Waals surface area contributed by atoms with Gasteiger partial charge in [-0.05, 0) is 43.7 Å². The number of aromatic nitrogens is 1. The van der Waals surface area contributed by atoms with Gasteiger partial charge in [-0.25, -0.2) is 9.78 Å². The molecule has 0 unspecified atom stereocenters. The van der Waals surface area contributed by atoms with Crippen molar-refractivity contribution in [1.29, 1.82) is 0 Å². The molecule has 120 valence electrons. The molecule has 0 aliphatic rings. The third kappa shape index (κ3) is 5.78. The van der Waals surface area contributed by atoms with E-state index in [0.717, 1.165) is 16.9 Å². The van der Waals surface area contributed by atoms with Crippen molar-refractivity contribution in [2.75, 3.05) is 17.2 Å². The number of carbonyl (C=O) groups is 2. The van der Waals surface area contributed by atoms with Crippen molar-refractivity contribution in [1.82, 2.24) is 10.3 Å². The summed E-state index contributed by atoms with van der Waals surface area (Å²) in [5, 5.41) is 8.05. The molecule has 0 bridgehead atoms. The third-order valence-corrected chi connectivity index (χ3v) is 3.03.